The lowest BCUT2D eigenvalue weighted by molar-refractivity contribution is 0.0817. The minimum atomic E-state index is -1.07. The van der Waals surface area contributed by atoms with Crippen LogP contribution in [0.5, 0.6) is 0 Å². The summed E-state index contributed by atoms with van der Waals surface area (Å²) in [6.07, 6.45) is 8.44. The molecule has 3 rings (SSSR count). The van der Waals surface area contributed by atoms with E-state index >= 15 is 0 Å². The van der Waals surface area contributed by atoms with Gasteiger partial charge in [0.1, 0.15) is 6.73 Å². The lowest BCUT2D eigenvalue weighted by Crippen LogP contribution is -2.22. The summed E-state index contributed by atoms with van der Waals surface area (Å²) in [5.74, 6) is 0. The smallest absolute Gasteiger partial charge is 0.139 e. The van der Waals surface area contributed by atoms with Crippen molar-refractivity contribution in [1.29, 1.82) is 0 Å². The summed E-state index contributed by atoms with van der Waals surface area (Å²) in [6.45, 7) is 10.5. The number of ether oxygens (including phenoxy) is 1. The number of hydrogen-bond acceptors (Lipinski definition) is 4. The van der Waals surface area contributed by atoms with E-state index in [2.05, 4.69) is 53.8 Å². The Morgan fingerprint density at radius 3 is 2.68 bits per heavy atom. The van der Waals surface area contributed by atoms with Gasteiger partial charge in [-0.2, -0.15) is 5.10 Å². The van der Waals surface area contributed by atoms with Gasteiger partial charge in [-0.15, -0.1) is 0 Å². The van der Waals surface area contributed by atoms with E-state index in [0.29, 0.717) is 6.73 Å². The Labute approximate surface area is 150 Å². The monoisotopic (exact) mass is 354 g/mol. The van der Waals surface area contributed by atoms with Crippen molar-refractivity contribution < 1.29 is 4.74 Å². The summed E-state index contributed by atoms with van der Waals surface area (Å²) in [7, 11) is -1.07. The van der Waals surface area contributed by atoms with E-state index in [1.165, 1.54) is 5.56 Å². The first-order chi connectivity index (χ1) is 12.0. The molecule has 132 valence electrons. The normalized spacial score (nSPS) is 12.0. The van der Waals surface area contributed by atoms with Gasteiger partial charge in [0.05, 0.1) is 17.4 Å². The molecule has 0 aromatic carbocycles. The van der Waals surface area contributed by atoms with Gasteiger partial charge in [-0.1, -0.05) is 26.6 Å². The summed E-state index contributed by atoms with van der Waals surface area (Å²) in [6, 6.07) is 5.38. The molecule has 25 heavy (non-hydrogen) atoms. The fourth-order valence-electron chi connectivity index (χ4n) is 2.58. The Morgan fingerprint density at radius 1 is 1.08 bits per heavy atom. The van der Waals surface area contributed by atoms with Gasteiger partial charge < -0.3 is 4.74 Å². The van der Waals surface area contributed by atoms with Gasteiger partial charge in [-0.05, 0) is 30.2 Å². The van der Waals surface area contributed by atoms with Gasteiger partial charge in [0, 0.05) is 44.2 Å². The maximum Gasteiger partial charge on any atom is 0.139 e. The second-order valence-electron chi connectivity index (χ2n) is 7.56. The van der Waals surface area contributed by atoms with E-state index in [-0.39, 0.29) is 0 Å². The van der Waals surface area contributed by atoms with Crippen molar-refractivity contribution in [1.82, 2.24) is 19.7 Å². The first-order valence-electron chi connectivity index (χ1n) is 8.80. The molecule has 0 N–H and O–H groups in total. The summed E-state index contributed by atoms with van der Waals surface area (Å²) in [5.41, 5.74) is 4.20. The average Bonchev–Trinajstić information content (AvgIpc) is 3.00. The molecule has 0 radical (unpaired) electrons. The molecule has 0 fully saturated rings. The van der Waals surface area contributed by atoms with Gasteiger partial charge in [-0.3, -0.25) is 9.97 Å². The molecule has 0 unspecified atom stereocenters. The SMILES string of the molecule is CCc1cncc(-c2cc3c(cn2)cnn3COCC[Si](C)(C)C)c1. The number of aryl methyl sites for hydroxylation is 1. The fourth-order valence-corrected chi connectivity index (χ4v) is 3.34. The van der Waals surface area contributed by atoms with Crippen LogP contribution < -0.4 is 0 Å². The predicted octanol–water partition coefficient (Wildman–Crippen LogP) is 4.37. The molecule has 5 nitrogen and oxygen atoms in total. The second-order valence-corrected chi connectivity index (χ2v) is 13.2. The maximum atomic E-state index is 5.85. The van der Waals surface area contributed by atoms with E-state index < -0.39 is 8.07 Å². The Bertz CT molecular complexity index is 854. The Kier molecular flexibility index (Phi) is 5.29. The highest BCUT2D eigenvalue weighted by Gasteiger charge is 2.12. The summed E-state index contributed by atoms with van der Waals surface area (Å²) >= 11 is 0. The van der Waals surface area contributed by atoms with Crippen LogP contribution in [0.4, 0.5) is 0 Å². The Morgan fingerprint density at radius 2 is 1.92 bits per heavy atom. The zero-order valence-electron chi connectivity index (χ0n) is 15.5. The van der Waals surface area contributed by atoms with Gasteiger partial charge >= 0.3 is 0 Å². The third-order valence-electron chi connectivity index (χ3n) is 4.24. The van der Waals surface area contributed by atoms with Crippen LogP contribution in [0.25, 0.3) is 22.2 Å². The highest BCUT2D eigenvalue weighted by Crippen LogP contribution is 2.22. The van der Waals surface area contributed by atoms with Crippen LogP contribution in [0.15, 0.2) is 36.9 Å². The zero-order valence-corrected chi connectivity index (χ0v) is 16.5. The molecule has 0 bridgehead atoms. The lowest BCUT2D eigenvalue weighted by atomic mass is 10.1. The van der Waals surface area contributed by atoms with Crippen molar-refractivity contribution in [2.45, 2.75) is 45.8 Å². The van der Waals surface area contributed by atoms with Gasteiger partial charge in [0.15, 0.2) is 0 Å². The third-order valence-corrected chi connectivity index (χ3v) is 5.94. The van der Waals surface area contributed by atoms with Crippen LogP contribution in [0.2, 0.25) is 25.7 Å². The van der Waals surface area contributed by atoms with Crippen LogP contribution in [0.1, 0.15) is 12.5 Å². The van der Waals surface area contributed by atoms with Crippen LogP contribution in [0, 0.1) is 0 Å². The number of pyridine rings is 2. The first kappa shape index (κ1) is 17.8. The number of hydrogen-bond donors (Lipinski definition) is 0. The van der Waals surface area contributed by atoms with Gasteiger partial charge in [0.25, 0.3) is 0 Å². The summed E-state index contributed by atoms with van der Waals surface area (Å²) in [4.78, 5) is 8.89. The molecule has 0 atom stereocenters. The Hall–Kier alpha value is -2.05. The molecular weight excluding hydrogens is 328 g/mol. The molecule has 0 saturated carbocycles. The molecular formula is C19H26N4OSi. The molecule has 0 spiro atoms. The summed E-state index contributed by atoms with van der Waals surface area (Å²) < 4.78 is 7.75. The molecule has 3 aromatic rings. The fraction of sp³-hybridized carbons (Fsp3) is 0.421. The van der Waals surface area contributed by atoms with Crippen molar-refractivity contribution in [2.24, 2.45) is 0 Å². The second kappa shape index (κ2) is 7.45. The predicted molar refractivity (Wildman–Crippen MR) is 104 cm³/mol. The average molecular weight is 355 g/mol. The molecule has 0 aliphatic heterocycles. The number of aromatic nitrogens is 4. The van der Waals surface area contributed by atoms with Crippen molar-refractivity contribution in [3.8, 4) is 11.3 Å². The van der Waals surface area contributed by atoms with E-state index in [1.807, 2.05) is 29.5 Å². The number of nitrogens with zero attached hydrogens (tertiary/aromatic N) is 4. The van der Waals surface area contributed by atoms with Crippen LogP contribution in [-0.4, -0.2) is 34.4 Å². The number of rotatable bonds is 7. The van der Waals surface area contributed by atoms with E-state index in [0.717, 1.165) is 41.2 Å². The van der Waals surface area contributed by atoms with Crippen LogP contribution in [0.3, 0.4) is 0 Å². The van der Waals surface area contributed by atoms with Crippen molar-refractivity contribution >= 4 is 19.0 Å². The topological polar surface area (TPSA) is 52.8 Å². The van der Waals surface area contributed by atoms with E-state index in [9.17, 15) is 0 Å². The standard InChI is InChI=1S/C19H26N4OSi/c1-5-15-8-16(11-20-10-15)18-9-19-17(12-21-18)13-22-23(19)14-24-6-7-25(2,3)4/h8-13H,5-7,14H2,1-4H3. The molecule has 0 aliphatic rings. The largest absolute Gasteiger partial charge is 0.360 e. The minimum absolute atomic E-state index is 0.477. The van der Waals surface area contributed by atoms with Crippen molar-refractivity contribution in [2.75, 3.05) is 6.61 Å². The van der Waals surface area contributed by atoms with E-state index in [1.54, 1.807) is 0 Å². The molecule has 3 aromatic heterocycles. The molecule has 6 heteroatoms. The van der Waals surface area contributed by atoms with Crippen LogP contribution >= 0.6 is 0 Å². The van der Waals surface area contributed by atoms with Crippen LogP contribution in [-0.2, 0) is 17.9 Å². The van der Waals surface area contributed by atoms with Gasteiger partial charge in [-0.25, -0.2) is 4.68 Å². The van der Waals surface area contributed by atoms with Gasteiger partial charge in [0.2, 0.25) is 0 Å². The highest BCUT2D eigenvalue weighted by atomic mass is 28.3. The molecule has 0 amide bonds. The zero-order chi connectivity index (χ0) is 17.9. The summed E-state index contributed by atoms with van der Waals surface area (Å²) in [5, 5.41) is 5.47. The third kappa shape index (κ3) is 4.52. The first-order valence-corrected chi connectivity index (χ1v) is 12.5. The van der Waals surface area contributed by atoms with E-state index in [4.69, 9.17) is 4.74 Å². The van der Waals surface area contributed by atoms with Crippen molar-refractivity contribution in [3.63, 3.8) is 0 Å². The lowest BCUT2D eigenvalue weighted by Gasteiger charge is -2.15. The Balaban J connectivity index is 1.79. The quantitative estimate of drug-likeness (QED) is 0.467. The highest BCUT2D eigenvalue weighted by molar-refractivity contribution is 6.76. The minimum Gasteiger partial charge on any atom is -0.360 e. The molecule has 3 heterocycles. The molecule has 0 aliphatic carbocycles. The number of fused-ring (bicyclic) bond motifs is 1. The maximum absolute atomic E-state index is 5.85. The van der Waals surface area contributed by atoms with Crippen molar-refractivity contribution in [3.05, 3.63) is 42.5 Å². The molecule has 0 saturated heterocycles.